The van der Waals surface area contributed by atoms with Crippen molar-refractivity contribution in [1.82, 2.24) is 0 Å². The van der Waals surface area contributed by atoms with Gasteiger partial charge in [-0.3, -0.25) is 4.79 Å². The maximum absolute atomic E-state index is 12.0. The molecule has 2 aliphatic rings. The van der Waals surface area contributed by atoms with Crippen LogP contribution in [0.4, 0.5) is 0 Å². The highest BCUT2D eigenvalue weighted by atomic mass is 16.6. The number of allylic oxidation sites excluding steroid dienone is 1. The molecule has 0 spiro atoms. The molecule has 0 bridgehead atoms. The number of hydrogen-bond acceptors (Lipinski definition) is 4. The summed E-state index contributed by atoms with van der Waals surface area (Å²) in [6.07, 6.45) is 1.57. The third kappa shape index (κ3) is 1.96. The number of esters is 1. The summed E-state index contributed by atoms with van der Waals surface area (Å²) in [5.41, 5.74) is -0.426. The molecule has 1 aliphatic heterocycles. The van der Waals surface area contributed by atoms with E-state index >= 15 is 0 Å². The van der Waals surface area contributed by atoms with E-state index in [0.29, 0.717) is 30.6 Å². The van der Waals surface area contributed by atoms with Crippen LogP contribution in [0.25, 0.3) is 0 Å². The van der Waals surface area contributed by atoms with E-state index in [9.17, 15) is 9.59 Å². The summed E-state index contributed by atoms with van der Waals surface area (Å²) in [7, 11) is 1.33. The third-order valence-electron chi connectivity index (χ3n) is 3.43. The highest BCUT2D eigenvalue weighted by Gasteiger charge is 2.49. The Morgan fingerprint density at radius 3 is 2.47 bits per heavy atom. The first kappa shape index (κ1) is 12.1. The predicted octanol–water partition coefficient (Wildman–Crippen LogP) is 1.98. The quantitative estimate of drug-likeness (QED) is 0.655. The molecule has 1 aliphatic carbocycles. The summed E-state index contributed by atoms with van der Waals surface area (Å²) >= 11 is 0. The molecule has 0 N–H and O–H groups in total. The Hall–Kier alpha value is -1.32. The number of ether oxygens (including phenoxy) is 2. The number of ketones is 1. The molecule has 1 atom stereocenters. The first-order chi connectivity index (χ1) is 7.77. The fraction of sp³-hybridized carbons (Fsp3) is 0.692. The molecular weight excluding hydrogens is 220 g/mol. The standard InChI is InChI=1S/C13H18O4/c1-12(2)6-9(14)8-5-13(3,11(15)16-4)17-10(8)7-12/h5-7H2,1-4H3. The van der Waals surface area contributed by atoms with Crippen LogP contribution >= 0.6 is 0 Å². The lowest BCUT2D eigenvalue weighted by Gasteiger charge is -2.29. The number of Topliss-reactive ketones (excluding diaryl/α,β-unsaturated/α-hetero) is 1. The second-order valence-electron chi connectivity index (χ2n) is 5.84. The van der Waals surface area contributed by atoms with Gasteiger partial charge >= 0.3 is 5.97 Å². The van der Waals surface area contributed by atoms with Gasteiger partial charge in [0.15, 0.2) is 5.78 Å². The van der Waals surface area contributed by atoms with Crippen molar-refractivity contribution in [2.24, 2.45) is 5.41 Å². The summed E-state index contributed by atoms with van der Waals surface area (Å²) < 4.78 is 10.4. The van der Waals surface area contributed by atoms with Crippen molar-refractivity contribution in [3.63, 3.8) is 0 Å². The fourth-order valence-corrected chi connectivity index (χ4v) is 2.57. The summed E-state index contributed by atoms with van der Waals surface area (Å²) in [5, 5.41) is 0. The maximum atomic E-state index is 12.0. The molecule has 0 amide bonds. The molecule has 0 saturated heterocycles. The van der Waals surface area contributed by atoms with Crippen molar-refractivity contribution in [1.29, 1.82) is 0 Å². The molecule has 94 valence electrons. The van der Waals surface area contributed by atoms with E-state index in [1.165, 1.54) is 7.11 Å². The Morgan fingerprint density at radius 2 is 1.88 bits per heavy atom. The van der Waals surface area contributed by atoms with Crippen molar-refractivity contribution in [3.8, 4) is 0 Å². The lowest BCUT2D eigenvalue weighted by Crippen LogP contribution is -2.36. The Kier molecular flexibility index (Phi) is 2.56. The molecule has 4 heteroatoms. The highest BCUT2D eigenvalue weighted by Crippen LogP contribution is 2.46. The van der Waals surface area contributed by atoms with Crippen LogP contribution in [0.3, 0.4) is 0 Å². The summed E-state index contributed by atoms with van der Waals surface area (Å²) in [4.78, 5) is 23.7. The molecule has 0 fully saturated rings. The average molecular weight is 238 g/mol. The van der Waals surface area contributed by atoms with Gasteiger partial charge in [0.25, 0.3) is 0 Å². The van der Waals surface area contributed by atoms with E-state index in [0.717, 1.165) is 0 Å². The van der Waals surface area contributed by atoms with Gasteiger partial charge in [0.2, 0.25) is 5.60 Å². The first-order valence-electron chi connectivity index (χ1n) is 5.80. The zero-order chi connectivity index (χ0) is 12.8. The molecule has 0 aromatic rings. The van der Waals surface area contributed by atoms with Crippen molar-refractivity contribution in [2.75, 3.05) is 7.11 Å². The van der Waals surface area contributed by atoms with Gasteiger partial charge in [0.05, 0.1) is 7.11 Å². The maximum Gasteiger partial charge on any atom is 0.350 e. The number of carbonyl (C=O) groups excluding carboxylic acids is 2. The van der Waals surface area contributed by atoms with Gasteiger partial charge in [-0.2, -0.15) is 0 Å². The van der Waals surface area contributed by atoms with E-state index in [-0.39, 0.29) is 11.2 Å². The summed E-state index contributed by atoms with van der Waals surface area (Å²) in [5.74, 6) is 0.362. The van der Waals surface area contributed by atoms with Gasteiger partial charge in [0, 0.05) is 24.8 Å². The monoisotopic (exact) mass is 238 g/mol. The van der Waals surface area contributed by atoms with Crippen LogP contribution in [0.1, 0.15) is 40.0 Å². The number of methoxy groups -OCH3 is 1. The van der Waals surface area contributed by atoms with Gasteiger partial charge in [-0.25, -0.2) is 4.79 Å². The van der Waals surface area contributed by atoms with Crippen molar-refractivity contribution < 1.29 is 19.1 Å². The minimum atomic E-state index is -1.02. The molecule has 1 heterocycles. The number of rotatable bonds is 1. The predicted molar refractivity (Wildman–Crippen MR) is 61.2 cm³/mol. The van der Waals surface area contributed by atoms with E-state index in [1.54, 1.807) is 6.92 Å². The van der Waals surface area contributed by atoms with Crippen LogP contribution in [0.5, 0.6) is 0 Å². The summed E-state index contributed by atoms with van der Waals surface area (Å²) in [6.45, 7) is 5.75. The third-order valence-corrected chi connectivity index (χ3v) is 3.43. The van der Waals surface area contributed by atoms with Gasteiger partial charge in [-0.15, -0.1) is 0 Å². The van der Waals surface area contributed by atoms with E-state index in [2.05, 4.69) is 0 Å². The SMILES string of the molecule is COC(=O)C1(C)CC2=C(CC(C)(C)CC2=O)O1. The Bertz CT molecular complexity index is 419. The van der Waals surface area contributed by atoms with Crippen LogP contribution in [-0.4, -0.2) is 24.5 Å². The Morgan fingerprint density at radius 1 is 1.24 bits per heavy atom. The molecule has 0 aromatic carbocycles. The van der Waals surface area contributed by atoms with Crippen LogP contribution in [0.2, 0.25) is 0 Å². The Balaban J connectivity index is 2.26. The topological polar surface area (TPSA) is 52.6 Å². The highest BCUT2D eigenvalue weighted by molar-refractivity contribution is 5.99. The largest absolute Gasteiger partial charge is 0.479 e. The second-order valence-corrected chi connectivity index (χ2v) is 5.84. The minimum Gasteiger partial charge on any atom is -0.479 e. The average Bonchev–Trinajstić information content (AvgIpc) is 2.53. The molecule has 0 aromatic heterocycles. The molecule has 0 saturated carbocycles. The van der Waals surface area contributed by atoms with Gasteiger partial charge in [-0.1, -0.05) is 13.8 Å². The van der Waals surface area contributed by atoms with Gasteiger partial charge in [0.1, 0.15) is 5.76 Å². The number of carbonyl (C=O) groups is 2. The molecule has 1 unspecified atom stereocenters. The minimum absolute atomic E-state index is 0.0860. The smallest absolute Gasteiger partial charge is 0.350 e. The normalized spacial score (nSPS) is 30.9. The van der Waals surface area contributed by atoms with Crippen LogP contribution < -0.4 is 0 Å². The number of hydrogen-bond donors (Lipinski definition) is 0. The Labute approximate surface area is 101 Å². The lowest BCUT2D eigenvalue weighted by molar-refractivity contribution is -0.160. The molecule has 4 nitrogen and oxygen atoms in total. The molecule has 17 heavy (non-hydrogen) atoms. The lowest BCUT2D eigenvalue weighted by atomic mass is 9.76. The summed E-state index contributed by atoms with van der Waals surface area (Å²) in [6, 6.07) is 0. The van der Waals surface area contributed by atoms with Crippen LogP contribution in [0.15, 0.2) is 11.3 Å². The van der Waals surface area contributed by atoms with E-state index in [1.807, 2.05) is 13.8 Å². The van der Waals surface area contributed by atoms with Crippen molar-refractivity contribution in [2.45, 2.75) is 45.6 Å². The second kappa shape index (κ2) is 3.59. The molecule has 0 radical (unpaired) electrons. The molecule has 2 rings (SSSR count). The van der Waals surface area contributed by atoms with Gasteiger partial charge < -0.3 is 9.47 Å². The van der Waals surface area contributed by atoms with Crippen LogP contribution in [0, 0.1) is 5.41 Å². The van der Waals surface area contributed by atoms with Crippen molar-refractivity contribution >= 4 is 11.8 Å². The van der Waals surface area contributed by atoms with Crippen molar-refractivity contribution in [3.05, 3.63) is 11.3 Å². The van der Waals surface area contributed by atoms with E-state index < -0.39 is 11.6 Å². The zero-order valence-corrected chi connectivity index (χ0v) is 10.8. The van der Waals surface area contributed by atoms with Crippen LogP contribution in [-0.2, 0) is 19.1 Å². The fourth-order valence-electron chi connectivity index (χ4n) is 2.57. The zero-order valence-electron chi connectivity index (χ0n) is 10.8. The van der Waals surface area contributed by atoms with E-state index in [4.69, 9.17) is 9.47 Å². The van der Waals surface area contributed by atoms with Gasteiger partial charge in [-0.05, 0) is 12.3 Å². The molecular formula is C13H18O4. The first-order valence-corrected chi connectivity index (χ1v) is 5.80.